The van der Waals surface area contributed by atoms with Crippen molar-refractivity contribution in [1.29, 1.82) is 0 Å². The molecule has 0 aromatic heterocycles. The Bertz CT molecular complexity index is 629. The summed E-state index contributed by atoms with van der Waals surface area (Å²) in [6, 6.07) is 7.65. The highest BCUT2D eigenvalue weighted by Crippen LogP contribution is 2.38. The molecule has 1 unspecified atom stereocenters. The zero-order chi connectivity index (χ0) is 14.2. The van der Waals surface area contributed by atoms with Crippen molar-refractivity contribution in [2.75, 3.05) is 0 Å². The van der Waals surface area contributed by atoms with E-state index in [0.717, 1.165) is 4.47 Å². The van der Waals surface area contributed by atoms with E-state index in [0.29, 0.717) is 10.6 Å². The van der Waals surface area contributed by atoms with Crippen molar-refractivity contribution < 1.29 is 8.78 Å². The van der Waals surface area contributed by atoms with Gasteiger partial charge in [-0.3, -0.25) is 0 Å². The van der Waals surface area contributed by atoms with Gasteiger partial charge >= 0.3 is 0 Å². The lowest BCUT2D eigenvalue weighted by Gasteiger charge is -2.14. The third-order valence-electron chi connectivity index (χ3n) is 2.78. The standard InChI is InChI=1S/C14H9Br2ClF2/c1-7-4-13(19)10(6-12(7)18)14(16)9-5-8(15)2-3-11(9)17/h2-6,14H,1H3. The van der Waals surface area contributed by atoms with Crippen LogP contribution >= 0.6 is 43.5 Å². The SMILES string of the molecule is Cc1cc(F)c(C(Br)c2cc(Br)ccc2Cl)cc1F. The molecular weight excluding hydrogens is 401 g/mol. The van der Waals surface area contributed by atoms with Crippen LogP contribution in [0.15, 0.2) is 34.8 Å². The fourth-order valence-corrected chi connectivity index (χ4v) is 3.20. The molecule has 0 aliphatic rings. The molecular formula is C14H9Br2ClF2. The predicted octanol–water partition coefficient (Wildman–Crippen LogP) is 6.17. The summed E-state index contributed by atoms with van der Waals surface area (Å²) >= 11 is 12.8. The van der Waals surface area contributed by atoms with Crippen LogP contribution in [0.5, 0.6) is 0 Å². The van der Waals surface area contributed by atoms with E-state index in [1.54, 1.807) is 18.2 Å². The Morgan fingerprint density at radius 3 is 2.42 bits per heavy atom. The van der Waals surface area contributed by atoms with Gasteiger partial charge in [0.25, 0.3) is 0 Å². The van der Waals surface area contributed by atoms with Crippen molar-refractivity contribution in [1.82, 2.24) is 0 Å². The Morgan fingerprint density at radius 2 is 1.74 bits per heavy atom. The molecule has 0 aliphatic heterocycles. The molecule has 1 atom stereocenters. The minimum absolute atomic E-state index is 0.225. The number of rotatable bonds is 2. The number of hydrogen-bond donors (Lipinski definition) is 0. The molecule has 0 aliphatic carbocycles. The van der Waals surface area contributed by atoms with E-state index < -0.39 is 16.5 Å². The van der Waals surface area contributed by atoms with Gasteiger partial charge in [0.15, 0.2) is 0 Å². The summed E-state index contributed by atoms with van der Waals surface area (Å²) < 4.78 is 28.4. The first-order chi connectivity index (χ1) is 8.90. The van der Waals surface area contributed by atoms with Gasteiger partial charge in [-0.25, -0.2) is 8.78 Å². The summed E-state index contributed by atoms with van der Waals surface area (Å²) in [5.74, 6) is -0.899. The second-order valence-corrected chi connectivity index (χ2v) is 6.39. The average Bonchev–Trinajstić information content (AvgIpc) is 2.36. The molecule has 0 heterocycles. The number of hydrogen-bond acceptors (Lipinski definition) is 0. The first kappa shape index (κ1) is 14.9. The number of benzene rings is 2. The Morgan fingerprint density at radius 1 is 1.05 bits per heavy atom. The van der Waals surface area contributed by atoms with Crippen LogP contribution in [0, 0.1) is 18.6 Å². The molecule has 2 aromatic rings. The summed E-state index contributed by atoms with van der Waals surface area (Å²) in [5.41, 5.74) is 1.18. The van der Waals surface area contributed by atoms with Crippen LogP contribution in [-0.2, 0) is 0 Å². The van der Waals surface area contributed by atoms with Crippen LogP contribution in [0.25, 0.3) is 0 Å². The fourth-order valence-electron chi connectivity index (χ4n) is 1.73. The molecule has 0 saturated carbocycles. The van der Waals surface area contributed by atoms with Crippen molar-refractivity contribution in [3.63, 3.8) is 0 Å². The lowest BCUT2D eigenvalue weighted by molar-refractivity contribution is 0.581. The van der Waals surface area contributed by atoms with E-state index in [-0.39, 0.29) is 11.1 Å². The molecule has 0 radical (unpaired) electrons. The van der Waals surface area contributed by atoms with Gasteiger partial charge in [-0.05, 0) is 48.4 Å². The van der Waals surface area contributed by atoms with Gasteiger partial charge in [0.05, 0.1) is 4.83 Å². The maximum absolute atomic E-state index is 13.9. The maximum atomic E-state index is 13.9. The monoisotopic (exact) mass is 408 g/mol. The van der Waals surface area contributed by atoms with Crippen LogP contribution in [-0.4, -0.2) is 0 Å². The Kier molecular flexibility index (Phi) is 4.64. The van der Waals surface area contributed by atoms with Gasteiger partial charge in [0.2, 0.25) is 0 Å². The van der Waals surface area contributed by atoms with Crippen LogP contribution < -0.4 is 0 Å². The average molecular weight is 410 g/mol. The molecule has 0 amide bonds. The van der Waals surface area contributed by atoms with E-state index in [1.807, 2.05) is 0 Å². The van der Waals surface area contributed by atoms with Crippen LogP contribution in [0.3, 0.4) is 0 Å². The molecule has 2 rings (SSSR count). The minimum atomic E-state index is -0.507. The molecule has 19 heavy (non-hydrogen) atoms. The lowest BCUT2D eigenvalue weighted by Crippen LogP contribution is -2.00. The van der Waals surface area contributed by atoms with E-state index in [2.05, 4.69) is 31.9 Å². The highest BCUT2D eigenvalue weighted by atomic mass is 79.9. The molecule has 5 heteroatoms. The van der Waals surface area contributed by atoms with Crippen LogP contribution in [0.4, 0.5) is 8.78 Å². The Hall–Kier alpha value is -0.450. The molecule has 100 valence electrons. The molecule has 0 fully saturated rings. The summed E-state index contributed by atoms with van der Waals surface area (Å²) in [7, 11) is 0. The van der Waals surface area contributed by atoms with Crippen LogP contribution in [0.2, 0.25) is 5.02 Å². The van der Waals surface area contributed by atoms with Gasteiger partial charge in [-0.15, -0.1) is 0 Å². The second kappa shape index (κ2) is 5.90. The lowest BCUT2D eigenvalue weighted by atomic mass is 10.0. The van der Waals surface area contributed by atoms with Crippen molar-refractivity contribution in [2.24, 2.45) is 0 Å². The summed E-state index contributed by atoms with van der Waals surface area (Å²) in [6.45, 7) is 1.53. The Balaban J connectivity index is 2.52. The van der Waals surface area contributed by atoms with Gasteiger partial charge in [-0.2, -0.15) is 0 Å². The summed E-state index contributed by atoms with van der Waals surface area (Å²) in [6.07, 6.45) is 0. The van der Waals surface area contributed by atoms with Gasteiger partial charge in [0, 0.05) is 15.1 Å². The van der Waals surface area contributed by atoms with Crippen molar-refractivity contribution in [2.45, 2.75) is 11.8 Å². The number of halogens is 5. The number of alkyl halides is 1. The first-order valence-electron chi connectivity index (χ1n) is 5.44. The van der Waals surface area contributed by atoms with Crippen molar-refractivity contribution in [3.05, 3.63) is 68.2 Å². The van der Waals surface area contributed by atoms with Crippen molar-refractivity contribution >= 4 is 43.5 Å². The number of aryl methyl sites for hydroxylation is 1. The molecule has 0 spiro atoms. The zero-order valence-corrected chi connectivity index (χ0v) is 13.8. The molecule has 0 bridgehead atoms. The van der Waals surface area contributed by atoms with E-state index >= 15 is 0 Å². The third-order valence-corrected chi connectivity index (χ3v) is 4.61. The molecule has 0 N–H and O–H groups in total. The van der Waals surface area contributed by atoms with Crippen LogP contribution in [0.1, 0.15) is 21.5 Å². The first-order valence-corrected chi connectivity index (χ1v) is 7.53. The third kappa shape index (κ3) is 3.18. The maximum Gasteiger partial charge on any atom is 0.128 e. The minimum Gasteiger partial charge on any atom is -0.207 e. The molecule has 2 aromatic carbocycles. The predicted molar refractivity (Wildman–Crippen MR) is 81.0 cm³/mol. The highest BCUT2D eigenvalue weighted by molar-refractivity contribution is 9.10. The van der Waals surface area contributed by atoms with Gasteiger partial charge in [-0.1, -0.05) is 43.5 Å². The van der Waals surface area contributed by atoms with E-state index in [4.69, 9.17) is 11.6 Å². The molecule has 0 saturated heterocycles. The second-order valence-electron chi connectivity index (χ2n) is 4.15. The normalized spacial score (nSPS) is 12.5. The smallest absolute Gasteiger partial charge is 0.128 e. The largest absolute Gasteiger partial charge is 0.207 e. The van der Waals surface area contributed by atoms with Crippen molar-refractivity contribution in [3.8, 4) is 0 Å². The topological polar surface area (TPSA) is 0 Å². The fraction of sp³-hybridized carbons (Fsp3) is 0.143. The zero-order valence-electron chi connectivity index (χ0n) is 9.85. The van der Waals surface area contributed by atoms with Gasteiger partial charge in [0.1, 0.15) is 11.6 Å². The summed E-state index contributed by atoms with van der Waals surface area (Å²) in [4.78, 5) is -0.507. The van der Waals surface area contributed by atoms with E-state index in [9.17, 15) is 8.78 Å². The Labute approximate surface area is 132 Å². The highest BCUT2D eigenvalue weighted by Gasteiger charge is 2.19. The van der Waals surface area contributed by atoms with E-state index in [1.165, 1.54) is 19.1 Å². The summed E-state index contributed by atoms with van der Waals surface area (Å²) in [5, 5.41) is 0.491. The molecule has 0 nitrogen and oxygen atoms in total. The quantitative estimate of drug-likeness (QED) is 0.519. The van der Waals surface area contributed by atoms with Gasteiger partial charge < -0.3 is 0 Å².